The number of carboxylic acid groups (broad SMARTS) is 1. The van der Waals surface area contributed by atoms with Gasteiger partial charge in [0.1, 0.15) is 17.5 Å². The number of carbonyl (C=O) groups is 2. The number of amidine groups is 1. The monoisotopic (exact) mass is 559 g/mol. The van der Waals surface area contributed by atoms with Gasteiger partial charge in [0, 0.05) is 24.4 Å². The molecule has 3 aromatic carbocycles. The minimum atomic E-state index is -0.945. The van der Waals surface area contributed by atoms with E-state index < -0.39 is 17.5 Å². The van der Waals surface area contributed by atoms with Crippen molar-refractivity contribution < 1.29 is 29.4 Å². The van der Waals surface area contributed by atoms with Crippen LogP contribution in [0.15, 0.2) is 78.5 Å². The van der Waals surface area contributed by atoms with E-state index in [2.05, 4.69) is 11.7 Å². The van der Waals surface area contributed by atoms with Crippen LogP contribution in [-0.2, 0) is 9.53 Å². The summed E-state index contributed by atoms with van der Waals surface area (Å²) in [6, 6.07) is 18.4. The summed E-state index contributed by atoms with van der Waals surface area (Å²) < 4.78 is 11.6. The van der Waals surface area contributed by atoms with Crippen molar-refractivity contribution in [1.29, 1.82) is 0 Å². The topological polar surface area (TPSA) is 135 Å². The van der Waals surface area contributed by atoms with E-state index in [-0.39, 0.29) is 24.0 Å². The first-order chi connectivity index (χ1) is 19.5. The molecule has 1 aliphatic heterocycles. The van der Waals surface area contributed by atoms with Crippen LogP contribution >= 0.6 is 0 Å². The highest BCUT2D eigenvalue weighted by Gasteiger charge is 2.32. The highest BCUT2D eigenvalue weighted by Crippen LogP contribution is 2.38. The van der Waals surface area contributed by atoms with Gasteiger partial charge in [-0.25, -0.2) is 4.79 Å². The molecule has 1 saturated heterocycles. The lowest BCUT2D eigenvalue weighted by molar-refractivity contribution is -0.139. The summed E-state index contributed by atoms with van der Waals surface area (Å²) in [5.41, 5.74) is 7.27. The van der Waals surface area contributed by atoms with Gasteiger partial charge in [-0.05, 0) is 67.3 Å². The molecule has 0 radical (unpaired) electrons. The fourth-order valence-electron chi connectivity index (χ4n) is 5.17. The second kappa shape index (κ2) is 12.3. The van der Waals surface area contributed by atoms with Crippen LogP contribution in [0.2, 0.25) is 0 Å². The van der Waals surface area contributed by atoms with Crippen LogP contribution in [0, 0.1) is 0 Å². The standard InChI is InChI=1S/C32H37N3O6/c1-5-6-27(22-9-7-20-8-10-23(29(33)34-39)18-24(20)17-22)28(30(36)37)21-11-13-25(14-12-21)40-26-15-16-35(19-26)31(38)41-32(2,3)4/h5,7-14,17-18,26-28,39H,1,6,15-16,19H2,2-4H3,(H2,33,34)(H,36,37)/t26-,27?,28+/m0/s1. The number of rotatable bonds is 9. The van der Waals surface area contributed by atoms with Gasteiger partial charge in [-0.2, -0.15) is 0 Å². The lowest BCUT2D eigenvalue weighted by Gasteiger charge is -2.25. The van der Waals surface area contributed by atoms with Crippen molar-refractivity contribution in [1.82, 2.24) is 4.90 Å². The van der Waals surface area contributed by atoms with Crippen LogP contribution in [-0.4, -0.2) is 57.9 Å². The van der Waals surface area contributed by atoms with Gasteiger partial charge in [0.2, 0.25) is 0 Å². The van der Waals surface area contributed by atoms with Gasteiger partial charge in [-0.15, -0.1) is 6.58 Å². The number of fused-ring (bicyclic) bond motifs is 1. The quantitative estimate of drug-likeness (QED) is 0.0984. The Morgan fingerprint density at radius 2 is 1.78 bits per heavy atom. The Bertz CT molecular complexity index is 1440. The zero-order chi connectivity index (χ0) is 29.7. The normalized spacial score (nSPS) is 17.2. The van der Waals surface area contributed by atoms with Gasteiger partial charge in [0.15, 0.2) is 5.84 Å². The van der Waals surface area contributed by atoms with Crippen LogP contribution in [0.3, 0.4) is 0 Å². The molecule has 0 spiro atoms. The number of hydrogen-bond donors (Lipinski definition) is 3. The Labute approximate surface area is 239 Å². The summed E-state index contributed by atoms with van der Waals surface area (Å²) in [4.78, 5) is 26.6. The fourth-order valence-corrected chi connectivity index (χ4v) is 5.17. The number of allylic oxidation sites excluding steroid dienone is 1. The number of carbonyl (C=O) groups excluding carboxylic acids is 1. The maximum atomic E-state index is 12.6. The van der Waals surface area contributed by atoms with Crippen molar-refractivity contribution in [2.24, 2.45) is 10.9 Å². The molecule has 0 aromatic heterocycles. The molecule has 0 bridgehead atoms. The SMILES string of the molecule is C=CCC(c1ccc2ccc(C(N)=NO)cc2c1)[C@H](C(=O)O)c1ccc(O[C@H]2CCN(C(=O)OC(C)(C)C)C2)cc1. The zero-order valence-electron chi connectivity index (χ0n) is 23.6. The molecule has 1 aliphatic rings. The number of amides is 1. The first-order valence-corrected chi connectivity index (χ1v) is 13.6. The molecule has 3 atom stereocenters. The van der Waals surface area contributed by atoms with Crippen LogP contribution in [0.25, 0.3) is 10.8 Å². The number of ether oxygens (including phenoxy) is 2. The summed E-state index contributed by atoms with van der Waals surface area (Å²) >= 11 is 0. The predicted molar refractivity (Wildman–Crippen MR) is 158 cm³/mol. The Hall–Kier alpha value is -4.53. The molecule has 9 heteroatoms. The van der Waals surface area contributed by atoms with E-state index in [1.807, 2.05) is 51.1 Å². The Balaban J connectivity index is 1.53. The van der Waals surface area contributed by atoms with Crippen LogP contribution in [0.5, 0.6) is 5.75 Å². The molecule has 1 unspecified atom stereocenters. The zero-order valence-corrected chi connectivity index (χ0v) is 23.6. The van der Waals surface area contributed by atoms with E-state index in [1.165, 1.54) is 0 Å². The molecule has 0 aliphatic carbocycles. The molecule has 1 amide bonds. The number of carboxylic acids is 1. The minimum Gasteiger partial charge on any atom is -0.489 e. The molecule has 4 N–H and O–H groups in total. The van der Waals surface area contributed by atoms with E-state index in [9.17, 15) is 14.7 Å². The van der Waals surface area contributed by atoms with Crippen molar-refractivity contribution in [3.63, 3.8) is 0 Å². The molecule has 216 valence electrons. The second-order valence-corrected chi connectivity index (χ2v) is 11.3. The number of nitrogens with two attached hydrogens (primary N) is 1. The van der Waals surface area contributed by atoms with E-state index in [1.54, 1.807) is 41.3 Å². The molecule has 1 fully saturated rings. The maximum Gasteiger partial charge on any atom is 0.410 e. The summed E-state index contributed by atoms with van der Waals surface area (Å²) in [7, 11) is 0. The minimum absolute atomic E-state index is 0.000757. The van der Waals surface area contributed by atoms with Gasteiger partial charge in [0.05, 0.1) is 12.5 Å². The van der Waals surface area contributed by atoms with Gasteiger partial charge in [-0.3, -0.25) is 4.79 Å². The third-order valence-electron chi connectivity index (χ3n) is 7.12. The molecular weight excluding hydrogens is 522 g/mol. The lowest BCUT2D eigenvalue weighted by atomic mass is 9.79. The lowest BCUT2D eigenvalue weighted by Crippen LogP contribution is -2.36. The van der Waals surface area contributed by atoms with Gasteiger partial charge in [-0.1, -0.05) is 53.7 Å². The first-order valence-electron chi connectivity index (χ1n) is 13.6. The molecule has 4 rings (SSSR count). The number of nitrogens with zero attached hydrogens (tertiary/aromatic N) is 2. The third kappa shape index (κ3) is 7.16. The summed E-state index contributed by atoms with van der Waals surface area (Å²) in [6.07, 6.45) is 2.32. The van der Waals surface area contributed by atoms with E-state index >= 15 is 0 Å². The Morgan fingerprint density at radius 1 is 1.10 bits per heavy atom. The highest BCUT2D eigenvalue weighted by atomic mass is 16.6. The third-order valence-corrected chi connectivity index (χ3v) is 7.12. The van der Waals surface area contributed by atoms with Crippen LogP contribution in [0.4, 0.5) is 4.79 Å². The molecule has 0 saturated carbocycles. The average Bonchev–Trinajstić information content (AvgIpc) is 3.40. The molecule has 3 aromatic rings. The summed E-state index contributed by atoms with van der Waals surface area (Å²) in [5.74, 6) is -1.55. The number of aliphatic carboxylic acids is 1. The van der Waals surface area contributed by atoms with E-state index in [0.29, 0.717) is 42.8 Å². The molecular formula is C32H37N3O6. The van der Waals surface area contributed by atoms with Crippen LogP contribution in [0.1, 0.15) is 62.1 Å². The molecule has 41 heavy (non-hydrogen) atoms. The first kappa shape index (κ1) is 29.5. The summed E-state index contributed by atoms with van der Waals surface area (Å²) in [6.45, 7) is 10.4. The average molecular weight is 560 g/mol. The summed E-state index contributed by atoms with van der Waals surface area (Å²) in [5, 5.41) is 24.3. The van der Waals surface area contributed by atoms with Crippen molar-refractivity contribution in [3.05, 3.63) is 90.0 Å². The number of hydrogen-bond acceptors (Lipinski definition) is 6. The predicted octanol–water partition coefficient (Wildman–Crippen LogP) is 5.85. The Morgan fingerprint density at radius 3 is 2.41 bits per heavy atom. The van der Waals surface area contributed by atoms with Crippen molar-refractivity contribution >= 4 is 28.7 Å². The Kier molecular flexibility index (Phi) is 8.86. The van der Waals surface area contributed by atoms with E-state index in [4.69, 9.17) is 20.4 Å². The molecule has 1 heterocycles. The number of oxime groups is 1. The highest BCUT2D eigenvalue weighted by molar-refractivity contribution is 6.00. The smallest absolute Gasteiger partial charge is 0.410 e. The van der Waals surface area contributed by atoms with E-state index in [0.717, 1.165) is 16.3 Å². The van der Waals surface area contributed by atoms with Gasteiger partial charge in [0.25, 0.3) is 0 Å². The number of benzene rings is 3. The van der Waals surface area contributed by atoms with Crippen molar-refractivity contribution in [2.75, 3.05) is 13.1 Å². The van der Waals surface area contributed by atoms with Crippen LogP contribution < -0.4 is 10.5 Å². The van der Waals surface area contributed by atoms with Gasteiger partial charge >= 0.3 is 12.1 Å². The van der Waals surface area contributed by atoms with Crippen molar-refractivity contribution in [2.45, 2.75) is 57.2 Å². The fraction of sp³-hybridized carbons (Fsp3) is 0.344. The van der Waals surface area contributed by atoms with Crippen molar-refractivity contribution in [3.8, 4) is 5.75 Å². The number of likely N-dealkylation sites (tertiary alicyclic amines) is 1. The molecule has 9 nitrogen and oxygen atoms in total. The largest absolute Gasteiger partial charge is 0.489 e. The maximum absolute atomic E-state index is 12.6. The second-order valence-electron chi connectivity index (χ2n) is 11.3. The van der Waals surface area contributed by atoms with Gasteiger partial charge < -0.3 is 30.4 Å².